The van der Waals surface area contributed by atoms with Crippen LogP contribution in [0.15, 0.2) is 22.7 Å². The van der Waals surface area contributed by atoms with Crippen LogP contribution in [0.1, 0.15) is 43.0 Å². The SMILES string of the molecule is c1cc2c(c(-c3nc(C4CCC4)no3)c1)CCCN2. The molecule has 4 heteroatoms. The van der Waals surface area contributed by atoms with Crippen molar-refractivity contribution in [3.05, 3.63) is 29.6 Å². The molecule has 2 heterocycles. The topological polar surface area (TPSA) is 51.0 Å². The van der Waals surface area contributed by atoms with Crippen LogP contribution in [0.2, 0.25) is 0 Å². The van der Waals surface area contributed by atoms with Crippen molar-refractivity contribution in [1.82, 2.24) is 10.1 Å². The van der Waals surface area contributed by atoms with Gasteiger partial charge in [-0.1, -0.05) is 17.6 Å². The number of nitrogens with zero attached hydrogens (tertiary/aromatic N) is 2. The third kappa shape index (κ3) is 1.82. The predicted octanol–water partition coefficient (Wildman–Crippen LogP) is 3.36. The zero-order valence-corrected chi connectivity index (χ0v) is 10.9. The van der Waals surface area contributed by atoms with Crippen molar-refractivity contribution < 1.29 is 4.52 Å². The highest BCUT2D eigenvalue weighted by molar-refractivity contribution is 5.69. The molecule has 1 aromatic heterocycles. The smallest absolute Gasteiger partial charge is 0.258 e. The van der Waals surface area contributed by atoms with Gasteiger partial charge in [-0.25, -0.2) is 0 Å². The molecule has 0 bridgehead atoms. The Labute approximate surface area is 112 Å². The summed E-state index contributed by atoms with van der Waals surface area (Å²) in [6, 6.07) is 6.27. The summed E-state index contributed by atoms with van der Waals surface area (Å²) in [5, 5.41) is 7.59. The van der Waals surface area contributed by atoms with Crippen LogP contribution >= 0.6 is 0 Å². The van der Waals surface area contributed by atoms with Gasteiger partial charge >= 0.3 is 0 Å². The molecule has 1 aliphatic heterocycles. The van der Waals surface area contributed by atoms with E-state index < -0.39 is 0 Å². The normalized spacial score (nSPS) is 18.5. The zero-order valence-electron chi connectivity index (χ0n) is 10.9. The minimum absolute atomic E-state index is 0.523. The molecule has 0 radical (unpaired) electrons. The molecule has 4 rings (SSSR count). The largest absolute Gasteiger partial charge is 0.385 e. The molecule has 1 saturated carbocycles. The quantitative estimate of drug-likeness (QED) is 0.894. The Balaban J connectivity index is 1.73. The van der Waals surface area contributed by atoms with Gasteiger partial charge in [0.1, 0.15) is 0 Å². The van der Waals surface area contributed by atoms with Gasteiger partial charge in [-0.05, 0) is 43.4 Å². The fraction of sp³-hybridized carbons (Fsp3) is 0.467. The third-order valence-electron chi connectivity index (χ3n) is 4.24. The molecule has 1 N–H and O–H groups in total. The van der Waals surface area contributed by atoms with Gasteiger partial charge in [0.2, 0.25) is 0 Å². The van der Waals surface area contributed by atoms with Gasteiger partial charge in [0, 0.05) is 23.7 Å². The van der Waals surface area contributed by atoms with Crippen molar-refractivity contribution in [2.75, 3.05) is 11.9 Å². The lowest BCUT2D eigenvalue weighted by Gasteiger charge is -2.21. The van der Waals surface area contributed by atoms with Gasteiger partial charge in [-0.15, -0.1) is 0 Å². The van der Waals surface area contributed by atoms with Crippen molar-refractivity contribution in [2.45, 2.75) is 38.0 Å². The number of hydrogen-bond acceptors (Lipinski definition) is 4. The van der Waals surface area contributed by atoms with E-state index in [9.17, 15) is 0 Å². The van der Waals surface area contributed by atoms with Crippen LogP contribution < -0.4 is 5.32 Å². The molecule has 2 aromatic rings. The van der Waals surface area contributed by atoms with Crippen molar-refractivity contribution in [2.24, 2.45) is 0 Å². The third-order valence-corrected chi connectivity index (χ3v) is 4.24. The average molecular weight is 255 g/mol. The second-order valence-electron chi connectivity index (χ2n) is 5.45. The van der Waals surface area contributed by atoms with Gasteiger partial charge in [0.15, 0.2) is 5.82 Å². The maximum Gasteiger partial charge on any atom is 0.258 e. The lowest BCUT2D eigenvalue weighted by Crippen LogP contribution is -2.12. The Morgan fingerprint density at radius 2 is 2.16 bits per heavy atom. The molecule has 1 fully saturated rings. The highest BCUT2D eigenvalue weighted by atomic mass is 16.5. The Kier molecular flexibility index (Phi) is 2.53. The number of fused-ring (bicyclic) bond motifs is 1. The van der Waals surface area contributed by atoms with E-state index in [1.807, 2.05) is 0 Å². The summed E-state index contributed by atoms with van der Waals surface area (Å²) in [5.74, 6) is 2.10. The van der Waals surface area contributed by atoms with E-state index in [2.05, 4.69) is 33.7 Å². The van der Waals surface area contributed by atoms with Crippen LogP contribution in [0, 0.1) is 0 Å². The molecule has 0 unspecified atom stereocenters. The minimum atomic E-state index is 0.523. The second-order valence-corrected chi connectivity index (χ2v) is 5.45. The molecule has 19 heavy (non-hydrogen) atoms. The second kappa shape index (κ2) is 4.37. The molecule has 0 amide bonds. The maximum absolute atomic E-state index is 5.48. The van der Waals surface area contributed by atoms with E-state index in [0.717, 1.165) is 30.8 Å². The van der Waals surface area contributed by atoms with Crippen LogP contribution in [0.3, 0.4) is 0 Å². The Bertz CT molecular complexity index is 601. The molecule has 1 aromatic carbocycles. The van der Waals surface area contributed by atoms with E-state index in [4.69, 9.17) is 4.52 Å². The highest BCUT2D eigenvalue weighted by Crippen LogP contribution is 2.37. The van der Waals surface area contributed by atoms with Gasteiger partial charge < -0.3 is 9.84 Å². The monoisotopic (exact) mass is 255 g/mol. The number of nitrogens with one attached hydrogen (secondary N) is 1. The van der Waals surface area contributed by atoms with Crippen molar-refractivity contribution in [1.29, 1.82) is 0 Å². The van der Waals surface area contributed by atoms with Crippen LogP contribution in [0.5, 0.6) is 0 Å². The van der Waals surface area contributed by atoms with E-state index in [0.29, 0.717) is 11.8 Å². The van der Waals surface area contributed by atoms with Gasteiger partial charge in [-0.3, -0.25) is 0 Å². The average Bonchev–Trinajstić information content (AvgIpc) is 2.85. The van der Waals surface area contributed by atoms with Crippen LogP contribution in [-0.4, -0.2) is 16.7 Å². The minimum Gasteiger partial charge on any atom is -0.385 e. The lowest BCUT2D eigenvalue weighted by molar-refractivity contribution is 0.366. The first-order chi connectivity index (χ1) is 9.42. The number of benzene rings is 1. The number of hydrogen-bond donors (Lipinski definition) is 1. The van der Waals surface area contributed by atoms with Crippen molar-refractivity contribution in [3.63, 3.8) is 0 Å². The zero-order chi connectivity index (χ0) is 12.7. The highest BCUT2D eigenvalue weighted by Gasteiger charge is 2.26. The van der Waals surface area contributed by atoms with Crippen molar-refractivity contribution >= 4 is 5.69 Å². The first kappa shape index (κ1) is 11.0. The molecule has 1 aliphatic carbocycles. The molecule has 0 spiro atoms. The molecule has 0 saturated heterocycles. The molecule has 4 nitrogen and oxygen atoms in total. The predicted molar refractivity (Wildman–Crippen MR) is 73.1 cm³/mol. The number of anilines is 1. The van der Waals surface area contributed by atoms with Crippen LogP contribution in [0.4, 0.5) is 5.69 Å². The summed E-state index contributed by atoms with van der Waals surface area (Å²) in [6.45, 7) is 1.05. The van der Waals surface area contributed by atoms with Crippen LogP contribution in [-0.2, 0) is 6.42 Å². The lowest BCUT2D eigenvalue weighted by atomic mass is 9.85. The van der Waals surface area contributed by atoms with Gasteiger partial charge in [0.05, 0.1) is 0 Å². The standard InChI is InChI=1S/C15H17N3O/c1-4-10(5-1)14-17-15(19-18-14)12-6-2-8-13-11(12)7-3-9-16-13/h2,6,8,10,16H,1,3-5,7,9H2. The maximum atomic E-state index is 5.48. The summed E-state index contributed by atoms with van der Waals surface area (Å²) < 4.78 is 5.48. The first-order valence-corrected chi connectivity index (χ1v) is 7.11. The van der Waals surface area contributed by atoms with E-state index >= 15 is 0 Å². The summed E-state index contributed by atoms with van der Waals surface area (Å²) in [5.41, 5.74) is 3.63. The Morgan fingerprint density at radius 1 is 1.21 bits per heavy atom. The molecule has 2 aliphatic rings. The fourth-order valence-electron chi connectivity index (χ4n) is 2.89. The van der Waals surface area contributed by atoms with E-state index in [1.165, 1.54) is 30.5 Å². The van der Waals surface area contributed by atoms with E-state index in [1.54, 1.807) is 0 Å². The van der Waals surface area contributed by atoms with Gasteiger partial charge in [-0.2, -0.15) is 4.98 Å². The Hall–Kier alpha value is -1.84. The van der Waals surface area contributed by atoms with Crippen LogP contribution in [0.25, 0.3) is 11.5 Å². The number of rotatable bonds is 2. The van der Waals surface area contributed by atoms with Gasteiger partial charge in [0.25, 0.3) is 5.89 Å². The molecule has 98 valence electrons. The van der Waals surface area contributed by atoms with E-state index in [-0.39, 0.29) is 0 Å². The summed E-state index contributed by atoms with van der Waals surface area (Å²) in [4.78, 5) is 4.61. The Morgan fingerprint density at radius 3 is 3.00 bits per heavy atom. The molecular weight excluding hydrogens is 238 g/mol. The molecular formula is C15H17N3O. The summed E-state index contributed by atoms with van der Waals surface area (Å²) in [6.07, 6.45) is 5.94. The fourth-order valence-corrected chi connectivity index (χ4v) is 2.89. The summed E-state index contributed by atoms with van der Waals surface area (Å²) >= 11 is 0. The molecule has 0 atom stereocenters. The number of aromatic nitrogens is 2. The van der Waals surface area contributed by atoms with Crippen molar-refractivity contribution in [3.8, 4) is 11.5 Å². The summed E-state index contributed by atoms with van der Waals surface area (Å²) in [7, 11) is 0. The first-order valence-electron chi connectivity index (χ1n) is 7.11.